The molecule has 14 heterocycles. The van der Waals surface area contributed by atoms with E-state index < -0.39 is 47.5 Å². The van der Waals surface area contributed by atoms with Gasteiger partial charge in [0.2, 0.25) is 23.6 Å². The fourth-order valence-electron chi connectivity index (χ4n) is 18.0. The number of alkyl halides is 1. The van der Waals surface area contributed by atoms with Crippen LogP contribution in [0.25, 0.3) is 22.2 Å². The van der Waals surface area contributed by atoms with Gasteiger partial charge >= 0.3 is 0 Å². The third-order valence-corrected chi connectivity index (χ3v) is 25.0. The Balaban J connectivity index is 0.000000146. The fraction of sp³-hybridized carbons (Fsp3) is 0.470. The van der Waals surface area contributed by atoms with Gasteiger partial charge in [0.15, 0.2) is 0 Å². The lowest BCUT2D eigenvalue weighted by atomic mass is 9.96. The number of hydrogen-bond acceptors (Lipinski definition) is 26. The topological polar surface area (TPSA) is 361 Å². The summed E-state index contributed by atoms with van der Waals surface area (Å²) in [6.07, 6.45) is 8.97. The van der Waals surface area contributed by atoms with E-state index in [1.165, 1.54) is 37.8 Å². The highest BCUT2D eigenvalue weighted by Crippen LogP contribution is 2.37. The minimum atomic E-state index is -0.963. The average Bonchev–Trinajstić information content (AvgIpc) is 1.60. The monoisotopic (exact) mass is 1610 g/mol. The summed E-state index contributed by atoms with van der Waals surface area (Å²) < 4.78 is 0. The molecule has 0 aliphatic carbocycles. The highest BCUT2D eigenvalue weighted by atomic mass is 35.5. The largest absolute Gasteiger partial charge is 0.369 e. The molecule has 0 saturated carbocycles. The predicted molar refractivity (Wildman–Crippen MR) is 439 cm³/mol. The maximum atomic E-state index is 13.3. The van der Waals surface area contributed by atoms with E-state index in [2.05, 4.69) is 85.2 Å². The van der Waals surface area contributed by atoms with Gasteiger partial charge in [-0.15, -0.1) is 11.6 Å². The van der Waals surface area contributed by atoms with Crippen LogP contribution in [0.1, 0.15) is 109 Å². The highest BCUT2D eigenvalue weighted by Gasteiger charge is 2.47. The van der Waals surface area contributed by atoms with Gasteiger partial charge in [0, 0.05) is 226 Å². The molecule has 11 aliphatic rings. The number of amides is 8. The number of carbonyl (C=O) groups excluding carboxylic acids is 8. The molecule has 0 spiro atoms. The number of non-ortho nitro benzene ring substituents is 2. The quantitative estimate of drug-likeness (QED) is 0.0336. The number of piperazine rings is 4. The second-order valence-corrected chi connectivity index (χ2v) is 32.3. The molecule has 8 fully saturated rings. The Morgan fingerprint density at radius 2 is 0.906 bits per heavy atom. The molecule has 4 N–H and O–H groups in total. The predicted octanol–water partition coefficient (Wildman–Crippen LogP) is 5.50. The van der Waals surface area contributed by atoms with E-state index in [4.69, 9.17) is 11.6 Å². The van der Waals surface area contributed by atoms with Crippen molar-refractivity contribution in [2.45, 2.75) is 70.0 Å². The number of halogens is 1. The van der Waals surface area contributed by atoms with Gasteiger partial charge in [0.1, 0.15) is 29.4 Å². The number of hydrogen-bond donors (Lipinski definition) is 4. The number of nitro benzene ring substituents is 2. The Kier molecular flexibility index (Phi) is 24.1. The van der Waals surface area contributed by atoms with Gasteiger partial charge in [-0.1, -0.05) is 0 Å². The van der Waals surface area contributed by atoms with Gasteiger partial charge < -0.3 is 29.8 Å². The molecule has 11 aliphatic heterocycles. The van der Waals surface area contributed by atoms with Crippen LogP contribution in [0.5, 0.6) is 0 Å². The molecule has 612 valence electrons. The molecule has 8 saturated heterocycles. The zero-order valence-electron chi connectivity index (χ0n) is 65.3. The van der Waals surface area contributed by atoms with Crippen LogP contribution in [0.4, 0.5) is 34.4 Å². The molecule has 0 radical (unpaired) electrons. The summed E-state index contributed by atoms with van der Waals surface area (Å²) in [7, 11) is 0. The number of nitrogens with one attached hydrogen (secondary N) is 4. The molecule has 117 heavy (non-hydrogen) atoms. The summed E-state index contributed by atoms with van der Waals surface area (Å²) >= 11 is 5.83. The first kappa shape index (κ1) is 79.8. The second kappa shape index (κ2) is 35.4. The minimum absolute atomic E-state index is 0.0385. The first-order valence-electron chi connectivity index (χ1n) is 40.8. The van der Waals surface area contributed by atoms with Crippen molar-refractivity contribution in [2.75, 3.05) is 189 Å². The number of piperidine rings is 4. The lowest BCUT2D eigenvalue weighted by molar-refractivity contribution is -0.385. The number of pyridine rings is 2. The molecule has 0 bridgehead atoms. The summed E-state index contributed by atoms with van der Waals surface area (Å²) in [5.41, 5.74) is 9.18. The summed E-state index contributed by atoms with van der Waals surface area (Å²) in [5.74, 6) is 0.0946. The van der Waals surface area contributed by atoms with Gasteiger partial charge in [0.05, 0.1) is 49.9 Å². The summed E-state index contributed by atoms with van der Waals surface area (Å²) in [6.45, 7) is 25.0. The van der Waals surface area contributed by atoms with Crippen LogP contribution in [0.3, 0.4) is 0 Å². The number of fused-ring (bicyclic) bond motifs is 4. The number of aliphatic imine (C=N–C) groups is 1. The van der Waals surface area contributed by atoms with E-state index >= 15 is 0 Å². The Morgan fingerprint density at radius 1 is 0.444 bits per heavy atom. The molecule has 2 unspecified atom stereocenters. The summed E-state index contributed by atoms with van der Waals surface area (Å²) in [6, 6.07) is 26.4. The zero-order valence-corrected chi connectivity index (χ0v) is 66.1. The van der Waals surface area contributed by atoms with Gasteiger partial charge in [-0.05, 0) is 155 Å². The maximum Gasteiger partial charge on any atom is 0.270 e. The lowest BCUT2D eigenvalue weighted by Crippen LogP contribution is -2.54. The van der Waals surface area contributed by atoms with Gasteiger partial charge in [-0.3, -0.25) is 109 Å². The van der Waals surface area contributed by atoms with E-state index in [1.54, 1.807) is 60.9 Å². The van der Waals surface area contributed by atoms with Crippen LogP contribution < -0.4 is 35.6 Å². The molecule has 33 nitrogen and oxygen atoms in total. The number of imide groups is 4. The van der Waals surface area contributed by atoms with Crippen LogP contribution in [0.15, 0.2) is 114 Å². The number of anilines is 4. The fourth-order valence-corrected chi connectivity index (χ4v) is 18.3. The first-order chi connectivity index (χ1) is 56.8. The van der Waals surface area contributed by atoms with E-state index in [-0.39, 0.29) is 58.7 Å². The van der Waals surface area contributed by atoms with Crippen molar-refractivity contribution in [3.63, 3.8) is 0 Å². The van der Waals surface area contributed by atoms with Crippen molar-refractivity contribution >= 4 is 110 Å². The molecule has 34 heteroatoms. The normalized spacial score (nSPS) is 21.5. The maximum absolute atomic E-state index is 13.3. The van der Waals surface area contributed by atoms with E-state index in [1.807, 2.05) is 36.4 Å². The van der Waals surface area contributed by atoms with E-state index in [0.717, 1.165) is 241 Å². The second-order valence-electron chi connectivity index (χ2n) is 31.9. The summed E-state index contributed by atoms with van der Waals surface area (Å²) in [5, 5.41) is 38.6. The highest BCUT2D eigenvalue weighted by molar-refractivity contribution is 6.25. The number of nitro groups is 2. The number of rotatable bonds is 19. The van der Waals surface area contributed by atoms with Gasteiger partial charge in [-0.2, -0.15) is 5.10 Å². The standard InChI is InChI=1S/C41H47N11O6.C23H29N5O4.C19H20ClN5O2/c53-37-6-5-35(39(54)43-37)51-40(55)31-3-1-29(24-32(31)41(51)56)49-19-17-48(18-20-49)26-27-8-11-46(12-9-27)13-14-47-15-21-50(22-16-47)36-23-28(7-10-42-36)38-33-25-30(52(57)58)2-4-34(33)44-45-38;29-20-4-3-19(21(30)25-20)28-22(31)17-2-1-16(13-18(17)23(28)32)27-11-9-26(10-12-27)14-15-5-7-24-8-6-15;20-4-6-23-7-9-24(10-8-23)18-11-14(3-5-21-18)19-17-12-16(25(26)27)2-1-15(17)13-22-19/h1-4,7,10,23-25,27,35H,5-6,8-9,11-22,26H2,(H,44,45)(H,43,53,54);1-2,13,15,19,24H,3-12,14H2,(H,25,29,30);1-3,5,11-12H,4,6-10,13H2. The van der Waals surface area contributed by atoms with E-state index in [0.29, 0.717) is 46.3 Å². The first-order valence-corrected chi connectivity index (χ1v) is 41.4. The number of benzene rings is 4. The Morgan fingerprint density at radius 3 is 1.43 bits per heavy atom. The van der Waals surface area contributed by atoms with Gasteiger partial charge in [0.25, 0.3) is 35.0 Å². The van der Waals surface area contributed by atoms with Crippen LogP contribution in [0.2, 0.25) is 0 Å². The molecule has 2 atom stereocenters. The number of aromatic amines is 1. The number of nitrogens with zero attached hydrogens (tertiary/aromatic N) is 17. The van der Waals surface area contributed by atoms with Gasteiger partial charge in [-0.25, -0.2) is 9.97 Å². The van der Waals surface area contributed by atoms with Crippen LogP contribution in [-0.4, -0.2) is 299 Å². The van der Waals surface area contributed by atoms with Crippen molar-refractivity contribution in [2.24, 2.45) is 16.8 Å². The van der Waals surface area contributed by atoms with Crippen molar-refractivity contribution in [3.8, 4) is 11.3 Å². The van der Waals surface area contributed by atoms with Crippen molar-refractivity contribution in [3.05, 3.63) is 169 Å². The van der Waals surface area contributed by atoms with Crippen molar-refractivity contribution in [1.29, 1.82) is 0 Å². The number of likely N-dealkylation sites (tertiary alicyclic amines) is 1. The molecule has 3 aromatic heterocycles. The summed E-state index contributed by atoms with van der Waals surface area (Å²) in [4.78, 5) is 159. The smallest absolute Gasteiger partial charge is 0.270 e. The minimum Gasteiger partial charge on any atom is -0.369 e. The van der Waals surface area contributed by atoms with Crippen LogP contribution >= 0.6 is 11.6 Å². The molecular weight excluding hydrogens is 1520 g/mol. The number of H-pyrrole nitrogens is 1. The third-order valence-electron chi connectivity index (χ3n) is 24.8. The van der Waals surface area contributed by atoms with Crippen molar-refractivity contribution < 1.29 is 48.2 Å². The molecular formula is C83H96ClN21O12. The Hall–Kier alpha value is -11.1. The molecule has 8 amide bonds. The molecule has 4 aromatic carbocycles. The zero-order chi connectivity index (χ0) is 81.0. The lowest BCUT2D eigenvalue weighted by Gasteiger charge is -2.40. The van der Waals surface area contributed by atoms with Crippen LogP contribution in [-0.2, 0) is 25.7 Å². The third kappa shape index (κ3) is 17.7. The number of aromatic nitrogens is 4. The SMILES string of the molecule is O=C1CCC(N2C(=O)c3ccc(N4CCN(CC5CCN(CCN6CCN(c7cc(-c8n[nH]c9ccc([N+](=O)[O-])cc89)ccn7)CC6)CC5)CC4)cc3C2=O)C(=O)N1.O=C1CCC(N2C(=O)c3ccc(N4CCN(CC5CCNCC5)CC4)cc3C2=O)C(=O)N1.O=[N+]([O-])c1ccc2c(c1)C(c1ccnc(N3CCN(CCCl)CC3)c1)=NC2. The molecule has 7 aromatic rings. The Bertz CT molecular complexity index is 5020. The Labute approximate surface area is 681 Å². The molecule has 18 rings (SSSR count). The van der Waals surface area contributed by atoms with Crippen molar-refractivity contribution in [1.82, 2.24) is 70.4 Å². The van der Waals surface area contributed by atoms with Crippen LogP contribution in [0, 0.1) is 32.1 Å². The number of carbonyl (C=O) groups is 8. The average molecular weight is 1620 g/mol. The van der Waals surface area contributed by atoms with E-state index in [9.17, 15) is 58.6 Å².